The molecule has 0 aromatic carbocycles. The quantitative estimate of drug-likeness (QED) is 0.262. The molecule has 0 aromatic heterocycles. The number of rotatable bonds is 10. The van der Waals surface area contributed by atoms with Gasteiger partial charge in [0.15, 0.2) is 5.96 Å². The Kier molecular flexibility index (Phi) is 14.0. The number of guanidine groups is 1. The van der Waals surface area contributed by atoms with Gasteiger partial charge in [0.1, 0.15) is 0 Å². The Balaban J connectivity index is 0.00000576. The second-order valence-corrected chi connectivity index (χ2v) is 7.19. The molecule has 3 N–H and O–H groups in total. The number of nitrogens with one attached hydrogen (secondary N) is 2. The van der Waals surface area contributed by atoms with Gasteiger partial charge in [-0.25, -0.2) is 0 Å². The summed E-state index contributed by atoms with van der Waals surface area (Å²) in [6.07, 6.45) is 7.58. The van der Waals surface area contributed by atoms with Crippen LogP contribution in [-0.2, 0) is 0 Å². The molecule has 1 aliphatic carbocycles. The topological polar surface area (TPSA) is 59.9 Å². The summed E-state index contributed by atoms with van der Waals surface area (Å²) in [5.74, 6) is 0.840. The van der Waals surface area contributed by atoms with Crippen LogP contribution in [0.15, 0.2) is 4.99 Å². The lowest BCUT2D eigenvalue weighted by molar-refractivity contribution is 0.0131. The first-order chi connectivity index (χ1) is 11.5. The van der Waals surface area contributed by atoms with E-state index in [-0.39, 0.29) is 24.0 Å². The van der Waals surface area contributed by atoms with Gasteiger partial charge in [-0.3, -0.25) is 4.99 Å². The SMILES string of the molecule is CCNC(=NCC1(O)CCCCC1)NC(C)CCCN(CC)CC.I. The molecule has 0 spiro atoms. The van der Waals surface area contributed by atoms with Crippen molar-refractivity contribution < 1.29 is 5.11 Å². The van der Waals surface area contributed by atoms with Crippen LogP contribution in [0, 0.1) is 0 Å². The third-order valence-electron chi connectivity index (χ3n) is 5.05. The summed E-state index contributed by atoms with van der Waals surface area (Å²) < 4.78 is 0. The van der Waals surface area contributed by atoms with Crippen molar-refractivity contribution in [2.24, 2.45) is 4.99 Å². The molecular weight excluding hydrogens is 427 g/mol. The van der Waals surface area contributed by atoms with E-state index in [0.29, 0.717) is 12.6 Å². The van der Waals surface area contributed by atoms with Gasteiger partial charge in [-0.2, -0.15) is 0 Å². The predicted octanol–water partition coefficient (Wildman–Crippen LogP) is 3.37. The molecule has 0 aliphatic heterocycles. The second kappa shape index (κ2) is 14.0. The van der Waals surface area contributed by atoms with Crippen LogP contribution in [-0.4, -0.2) is 60.3 Å². The summed E-state index contributed by atoms with van der Waals surface area (Å²) >= 11 is 0. The Morgan fingerprint density at radius 3 is 2.36 bits per heavy atom. The van der Waals surface area contributed by atoms with E-state index in [1.165, 1.54) is 12.8 Å². The molecule has 6 heteroatoms. The lowest BCUT2D eigenvalue weighted by Gasteiger charge is -2.31. The molecule has 1 fully saturated rings. The lowest BCUT2D eigenvalue weighted by atomic mass is 9.85. The molecule has 0 aromatic rings. The van der Waals surface area contributed by atoms with Gasteiger partial charge in [0.05, 0.1) is 12.1 Å². The summed E-state index contributed by atoms with van der Waals surface area (Å²) in [4.78, 5) is 7.12. The van der Waals surface area contributed by atoms with Gasteiger partial charge in [0, 0.05) is 12.6 Å². The van der Waals surface area contributed by atoms with Crippen molar-refractivity contribution >= 4 is 29.9 Å². The molecule has 0 amide bonds. The Morgan fingerprint density at radius 1 is 1.16 bits per heavy atom. The third kappa shape index (κ3) is 10.6. The van der Waals surface area contributed by atoms with Gasteiger partial charge in [0.25, 0.3) is 0 Å². The highest BCUT2D eigenvalue weighted by molar-refractivity contribution is 14.0. The summed E-state index contributed by atoms with van der Waals surface area (Å²) in [6.45, 7) is 13.5. The van der Waals surface area contributed by atoms with E-state index in [0.717, 1.165) is 64.2 Å². The van der Waals surface area contributed by atoms with Crippen LogP contribution >= 0.6 is 24.0 Å². The first-order valence-electron chi connectivity index (χ1n) is 10.0. The number of hydrogen-bond donors (Lipinski definition) is 3. The van der Waals surface area contributed by atoms with E-state index in [1.807, 2.05) is 0 Å². The van der Waals surface area contributed by atoms with Gasteiger partial charge in [-0.05, 0) is 59.2 Å². The minimum atomic E-state index is -0.591. The smallest absolute Gasteiger partial charge is 0.191 e. The molecule has 1 unspecified atom stereocenters. The van der Waals surface area contributed by atoms with Crippen molar-refractivity contribution in [3.8, 4) is 0 Å². The van der Waals surface area contributed by atoms with Crippen molar-refractivity contribution in [1.29, 1.82) is 0 Å². The van der Waals surface area contributed by atoms with Crippen LogP contribution in [0.4, 0.5) is 0 Å². The van der Waals surface area contributed by atoms with Crippen molar-refractivity contribution in [2.75, 3.05) is 32.7 Å². The monoisotopic (exact) mass is 468 g/mol. The molecule has 1 rings (SSSR count). The average molecular weight is 468 g/mol. The van der Waals surface area contributed by atoms with Crippen LogP contribution in [0.3, 0.4) is 0 Å². The Bertz CT molecular complexity index is 355. The van der Waals surface area contributed by atoms with Gasteiger partial charge >= 0.3 is 0 Å². The fourth-order valence-corrected chi connectivity index (χ4v) is 3.38. The third-order valence-corrected chi connectivity index (χ3v) is 5.05. The normalized spacial score (nSPS) is 18.6. The minimum absolute atomic E-state index is 0. The maximum atomic E-state index is 10.6. The fourth-order valence-electron chi connectivity index (χ4n) is 3.38. The Hall–Kier alpha value is -0.0800. The molecule has 5 nitrogen and oxygen atoms in total. The van der Waals surface area contributed by atoms with Gasteiger partial charge < -0.3 is 20.6 Å². The van der Waals surface area contributed by atoms with E-state index in [4.69, 9.17) is 0 Å². The first-order valence-corrected chi connectivity index (χ1v) is 10.0. The summed E-state index contributed by atoms with van der Waals surface area (Å²) in [7, 11) is 0. The molecule has 150 valence electrons. The fraction of sp³-hybridized carbons (Fsp3) is 0.947. The summed E-state index contributed by atoms with van der Waals surface area (Å²) in [5.41, 5.74) is -0.591. The zero-order chi connectivity index (χ0) is 17.8. The summed E-state index contributed by atoms with van der Waals surface area (Å²) in [6, 6.07) is 0.388. The van der Waals surface area contributed by atoms with Crippen LogP contribution in [0.25, 0.3) is 0 Å². The zero-order valence-corrected chi connectivity index (χ0v) is 19.1. The van der Waals surface area contributed by atoms with Crippen molar-refractivity contribution in [3.05, 3.63) is 0 Å². The largest absolute Gasteiger partial charge is 0.388 e. The van der Waals surface area contributed by atoms with Gasteiger partial charge in [-0.1, -0.05) is 33.1 Å². The molecule has 1 saturated carbocycles. The second-order valence-electron chi connectivity index (χ2n) is 7.19. The standard InChI is InChI=1S/C19H40N4O.HI/c1-5-20-18(21-16-19(24)13-9-8-10-14-19)22-17(4)12-11-15-23(6-2)7-3;/h17,24H,5-16H2,1-4H3,(H2,20,21,22);1H. The number of hydrogen-bond acceptors (Lipinski definition) is 3. The average Bonchev–Trinajstić information content (AvgIpc) is 2.57. The van der Waals surface area contributed by atoms with E-state index >= 15 is 0 Å². The van der Waals surface area contributed by atoms with Crippen molar-refractivity contribution in [2.45, 2.75) is 84.3 Å². The van der Waals surface area contributed by atoms with Crippen LogP contribution in [0.1, 0.15) is 72.6 Å². The van der Waals surface area contributed by atoms with Crippen molar-refractivity contribution in [3.63, 3.8) is 0 Å². The molecule has 1 atom stereocenters. The summed E-state index contributed by atoms with van der Waals surface area (Å²) in [5, 5.41) is 17.4. The van der Waals surface area contributed by atoms with E-state index in [9.17, 15) is 5.11 Å². The molecule has 0 bridgehead atoms. The van der Waals surface area contributed by atoms with Crippen LogP contribution in [0.5, 0.6) is 0 Å². The predicted molar refractivity (Wildman–Crippen MR) is 119 cm³/mol. The minimum Gasteiger partial charge on any atom is -0.388 e. The van der Waals surface area contributed by atoms with Gasteiger partial charge in [-0.15, -0.1) is 24.0 Å². The number of halogens is 1. The molecule has 0 saturated heterocycles. The molecular formula is C19H41IN4O. The first kappa shape index (κ1) is 24.9. The Labute approximate surface area is 172 Å². The highest BCUT2D eigenvalue weighted by atomic mass is 127. The zero-order valence-electron chi connectivity index (χ0n) is 16.8. The van der Waals surface area contributed by atoms with E-state index in [1.54, 1.807) is 0 Å². The lowest BCUT2D eigenvalue weighted by Crippen LogP contribution is -2.44. The highest BCUT2D eigenvalue weighted by Crippen LogP contribution is 2.28. The van der Waals surface area contributed by atoms with Crippen LogP contribution < -0.4 is 10.6 Å². The number of aliphatic imine (C=N–C) groups is 1. The molecule has 1 aliphatic rings. The Morgan fingerprint density at radius 2 is 1.80 bits per heavy atom. The van der Waals surface area contributed by atoms with Crippen molar-refractivity contribution in [1.82, 2.24) is 15.5 Å². The number of aliphatic hydroxyl groups is 1. The van der Waals surface area contributed by atoms with E-state index < -0.39 is 5.60 Å². The molecule has 0 radical (unpaired) electrons. The van der Waals surface area contributed by atoms with Crippen LogP contribution in [0.2, 0.25) is 0 Å². The maximum Gasteiger partial charge on any atom is 0.191 e. The van der Waals surface area contributed by atoms with E-state index in [2.05, 4.69) is 48.2 Å². The highest BCUT2D eigenvalue weighted by Gasteiger charge is 2.28. The van der Waals surface area contributed by atoms with Gasteiger partial charge in [0.2, 0.25) is 0 Å². The maximum absolute atomic E-state index is 10.6. The molecule has 0 heterocycles. The molecule has 25 heavy (non-hydrogen) atoms. The number of nitrogens with zero attached hydrogens (tertiary/aromatic N) is 2.